The van der Waals surface area contributed by atoms with E-state index in [0.717, 1.165) is 12.8 Å². The molecule has 2 N–H and O–H groups in total. The second-order valence-corrected chi connectivity index (χ2v) is 8.57. The van der Waals surface area contributed by atoms with E-state index in [1.165, 1.54) is 17.2 Å². The summed E-state index contributed by atoms with van der Waals surface area (Å²) in [5.41, 5.74) is 3.34. The Morgan fingerprint density at radius 2 is 1.92 bits per heavy atom. The Morgan fingerprint density at radius 1 is 1.11 bits per heavy atom. The molecular formula is C27H27N5O4. The average Bonchev–Trinajstić information content (AvgIpc) is 3.40. The Bertz CT molecular complexity index is 1460. The van der Waals surface area contributed by atoms with Gasteiger partial charge in [0.2, 0.25) is 5.82 Å². The lowest BCUT2D eigenvalue weighted by molar-refractivity contribution is 0.102. The van der Waals surface area contributed by atoms with Crippen molar-refractivity contribution in [3.63, 3.8) is 0 Å². The molecule has 0 saturated heterocycles. The molecule has 0 spiro atoms. The molecule has 0 atom stereocenters. The molecule has 0 aliphatic rings. The number of benzene rings is 2. The van der Waals surface area contributed by atoms with Crippen molar-refractivity contribution in [3.05, 3.63) is 87.6 Å². The van der Waals surface area contributed by atoms with Crippen LogP contribution < -0.4 is 15.5 Å². The first-order valence-corrected chi connectivity index (χ1v) is 11.5. The first kappa shape index (κ1) is 24.6. The quantitative estimate of drug-likeness (QED) is 0.309. The minimum Gasteiger partial charge on any atom is -0.490 e. The van der Waals surface area contributed by atoms with Gasteiger partial charge in [0.15, 0.2) is 16.8 Å². The predicted molar refractivity (Wildman–Crippen MR) is 138 cm³/mol. The minimum absolute atomic E-state index is 0.168. The molecule has 1 amide bonds. The summed E-state index contributed by atoms with van der Waals surface area (Å²) in [6.07, 6.45) is 6.31. The molecule has 4 rings (SSSR count). The monoisotopic (exact) mass is 485 g/mol. The molecule has 0 bridgehead atoms. The van der Waals surface area contributed by atoms with E-state index in [0.29, 0.717) is 29.0 Å². The number of para-hydroxylation sites is 1. The molecule has 0 fully saturated rings. The summed E-state index contributed by atoms with van der Waals surface area (Å²) in [5.74, 6) is 0.699. The average molecular weight is 486 g/mol. The van der Waals surface area contributed by atoms with Gasteiger partial charge in [0.05, 0.1) is 11.1 Å². The van der Waals surface area contributed by atoms with Gasteiger partial charge in [-0.1, -0.05) is 23.3 Å². The van der Waals surface area contributed by atoms with Crippen LogP contribution in [0, 0.1) is 0 Å². The SMILES string of the molecule is CC(C)=CCCC(C)=CCOc1ccc(C(=O)Nc2cccc3c(=O)cc(-c4nnn[nH]4)oc23)cc1. The molecule has 2 aromatic carbocycles. The number of aromatic nitrogens is 4. The summed E-state index contributed by atoms with van der Waals surface area (Å²) in [5, 5.41) is 16.5. The number of tetrazole rings is 1. The van der Waals surface area contributed by atoms with E-state index in [2.05, 4.69) is 58.9 Å². The normalized spacial score (nSPS) is 11.4. The molecule has 0 aliphatic carbocycles. The van der Waals surface area contributed by atoms with E-state index in [1.807, 2.05) is 0 Å². The van der Waals surface area contributed by atoms with Crippen molar-refractivity contribution in [2.45, 2.75) is 33.6 Å². The lowest BCUT2D eigenvalue weighted by Crippen LogP contribution is -2.13. The fourth-order valence-electron chi connectivity index (χ4n) is 3.52. The topological polar surface area (TPSA) is 123 Å². The Balaban J connectivity index is 1.43. The Kier molecular flexibility index (Phi) is 7.69. The summed E-state index contributed by atoms with van der Waals surface area (Å²) in [6.45, 7) is 6.75. The lowest BCUT2D eigenvalue weighted by Gasteiger charge is -2.09. The fourth-order valence-corrected chi connectivity index (χ4v) is 3.52. The zero-order chi connectivity index (χ0) is 25.5. The number of ether oxygens (including phenoxy) is 1. The molecule has 2 aromatic heterocycles. The van der Waals surface area contributed by atoms with Crippen molar-refractivity contribution < 1.29 is 13.9 Å². The standard InChI is InChI=1S/C27H27N5O4/c1-17(2)6-4-7-18(3)14-15-35-20-12-10-19(11-13-20)27(34)28-22-9-5-8-21-23(33)16-24(36-25(21)22)26-29-31-32-30-26/h5-6,8-14,16H,4,7,15H2,1-3H3,(H,28,34)(H,29,30,31,32). The number of carbonyl (C=O) groups is 1. The van der Waals surface area contributed by atoms with Crippen molar-refractivity contribution in [1.29, 1.82) is 0 Å². The van der Waals surface area contributed by atoms with Crippen LogP contribution in [0.25, 0.3) is 22.6 Å². The molecule has 0 radical (unpaired) electrons. The smallest absolute Gasteiger partial charge is 0.255 e. The van der Waals surface area contributed by atoms with Crippen LogP contribution in [0.4, 0.5) is 5.69 Å². The highest BCUT2D eigenvalue weighted by Gasteiger charge is 2.15. The first-order valence-electron chi connectivity index (χ1n) is 11.5. The number of nitrogens with zero attached hydrogens (tertiary/aromatic N) is 3. The van der Waals surface area contributed by atoms with E-state index >= 15 is 0 Å². The van der Waals surface area contributed by atoms with Gasteiger partial charge >= 0.3 is 0 Å². The number of aromatic amines is 1. The minimum atomic E-state index is -0.349. The van der Waals surface area contributed by atoms with Gasteiger partial charge < -0.3 is 14.5 Å². The van der Waals surface area contributed by atoms with Crippen LogP contribution in [0.2, 0.25) is 0 Å². The first-order chi connectivity index (χ1) is 17.4. The third-order valence-corrected chi connectivity index (χ3v) is 5.47. The summed E-state index contributed by atoms with van der Waals surface area (Å²) >= 11 is 0. The van der Waals surface area contributed by atoms with Gasteiger partial charge in [-0.3, -0.25) is 9.59 Å². The Morgan fingerprint density at radius 3 is 2.64 bits per heavy atom. The van der Waals surface area contributed by atoms with Gasteiger partial charge in [-0.25, -0.2) is 5.10 Å². The number of rotatable bonds is 9. The van der Waals surface area contributed by atoms with Crippen LogP contribution in [0.1, 0.15) is 44.0 Å². The number of H-pyrrole nitrogens is 1. The van der Waals surface area contributed by atoms with Crippen LogP contribution >= 0.6 is 0 Å². The summed E-state index contributed by atoms with van der Waals surface area (Å²) in [4.78, 5) is 25.5. The van der Waals surface area contributed by atoms with Crippen molar-refractivity contribution in [3.8, 4) is 17.3 Å². The Hall–Kier alpha value is -4.53. The molecule has 184 valence electrons. The molecular weight excluding hydrogens is 458 g/mol. The largest absolute Gasteiger partial charge is 0.490 e. The van der Waals surface area contributed by atoms with Crippen LogP contribution in [0.15, 0.2) is 81.0 Å². The van der Waals surface area contributed by atoms with E-state index in [-0.39, 0.29) is 28.5 Å². The summed E-state index contributed by atoms with van der Waals surface area (Å²) in [7, 11) is 0. The van der Waals surface area contributed by atoms with Gasteiger partial charge in [-0.05, 0) is 86.5 Å². The van der Waals surface area contributed by atoms with E-state index < -0.39 is 0 Å². The van der Waals surface area contributed by atoms with Crippen molar-refractivity contribution in [2.75, 3.05) is 11.9 Å². The number of amides is 1. The Labute approximate surface area is 207 Å². The van der Waals surface area contributed by atoms with Gasteiger partial charge in [0.1, 0.15) is 12.4 Å². The number of fused-ring (bicyclic) bond motifs is 1. The molecule has 9 nitrogen and oxygen atoms in total. The van der Waals surface area contributed by atoms with Gasteiger partial charge in [0.25, 0.3) is 5.91 Å². The van der Waals surface area contributed by atoms with Crippen molar-refractivity contribution in [1.82, 2.24) is 20.6 Å². The predicted octanol–water partition coefficient (Wildman–Crippen LogP) is 5.30. The molecule has 4 aromatic rings. The number of hydrogen-bond donors (Lipinski definition) is 2. The molecule has 9 heteroatoms. The molecule has 0 saturated carbocycles. The zero-order valence-corrected chi connectivity index (χ0v) is 20.4. The molecule has 36 heavy (non-hydrogen) atoms. The summed E-state index contributed by atoms with van der Waals surface area (Å²) < 4.78 is 11.6. The third-order valence-electron chi connectivity index (χ3n) is 5.47. The van der Waals surface area contributed by atoms with Crippen LogP contribution in [-0.4, -0.2) is 33.1 Å². The number of hydrogen-bond acceptors (Lipinski definition) is 7. The van der Waals surface area contributed by atoms with Crippen molar-refractivity contribution in [2.24, 2.45) is 0 Å². The lowest BCUT2D eigenvalue weighted by atomic mass is 10.1. The number of anilines is 1. The van der Waals surface area contributed by atoms with Crippen LogP contribution in [0.5, 0.6) is 5.75 Å². The van der Waals surface area contributed by atoms with Crippen LogP contribution in [-0.2, 0) is 0 Å². The second-order valence-electron chi connectivity index (χ2n) is 8.57. The highest BCUT2D eigenvalue weighted by molar-refractivity contribution is 6.08. The number of carbonyl (C=O) groups excluding carboxylic acids is 1. The number of allylic oxidation sites excluding steroid dienone is 3. The summed E-state index contributed by atoms with van der Waals surface area (Å²) in [6, 6.07) is 13.1. The van der Waals surface area contributed by atoms with Gasteiger partial charge in [-0.15, -0.1) is 5.10 Å². The maximum absolute atomic E-state index is 12.9. The molecule has 2 heterocycles. The third kappa shape index (κ3) is 6.12. The van der Waals surface area contributed by atoms with Crippen LogP contribution in [0.3, 0.4) is 0 Å². The fraction of sp³-hybridized carbons (Fsp3) is 0.222. The highest BCUT2D eigenvalue weighted by Crippen LogP contribution is 2.26. The zero-order valence-electron chi connectivity index (χ0n) is 20.4. The second kappa shape index (κ2) is 11.3. The molecule has 0 aliphatic heterocycles. The van der Waals surface area contributed by atoms with Crippen molar-refractivity contribution >= 4 is 22.6 Å². The van der Waals surface area contributed by atoms with E-state index in [4.69, 9.17) is 9.15 Å². The van der Waals surface area contributed by atoms with E-state index in [9.17, 15) is 9.59 Å². The number of nitrogens with one attached hydrogen (secondary N) is 2. The highest BCUT2D eigenvalue weighted by atomic mass is 16.5. The van der Waals surface area contributed by atoms with Gasteiger partial charge in [0, 0.05) is 11.6 Å². The molecule has 0 unspecified atom stereocenters. The maximum Gasteiger partial charge on any atom is 0.255 e. The van der Waals surface area contributed by atoms with E-state index in [1.54, 1.807) is 42.5 Å². The van der Waals surface area contributed by atoms with Gasteiger partial charge in [-0.2, -0.15) is 0 Å². The maximum atomic E-state index is 12.9.